The van der Waals surface area contributed by atoms with Gasteiger partial charge in [-0.25, -0.2) is 4.98 Å². The SMILES string of the molecule is CNc1nc(Nc2ccc(C(=O)N3CCN(C(=O)CCOCCOCCOCCOCCNc4cccc5c4C(=O)N(C4CCC(=O)NC4=O)C5O)CC3)cc2OC)ncc1C(F)(F)F. The molecule has 2 atom stereocenters. The molecule has 23 heteroatoms. The second kappa shape index (κ2) is 22.7. The van der Waals surface area contributed by atoms with Crippen LogP contribution in [0.1, 0.15) is 57.3 Å². The topological polar surface area (TPSA) is 235 Å². The van der Waals surface area contributed by atoms with Crippen molar-refractivity contribution in [1.29, 1.82) is 0 Å². The number of aliphatic hydroxyl groups excluding tert-OH is 1. The van der Waals surface area contributed by atoms with Gasteiger partial charge in [-0.1, -0.05) is 12.1 Å². The summed E-state index contributed by atoms with van der Waals surface area (Å²) in [5, 5.41) is 21.5. The predicted octanol–water partition coefficient (Wildman–Crippen LogP) is 2.39. The highest BCUT2D eigenvalue weighted by atomic mass is 19.4. The summed E-state index contributed by atoms with van der Waals surface area (Å²) in [6.07, 6.45) is -4.87. The smallest absolute Gasteiger partial charge is 0.421 e. The van der Waals surface area contributed by atoms with E-state index in [1.54, 1.807) is 40.1 Å². The fourth-order valence-electron chi connectivity index (χ4n) is 7.39. The second-order valence-corrected chi connectivity index (χ2v) is 14.9. The van der Waals surface area contributed by atoms with Crippen molar-refractivity contribution >= 4 is 52.7 Å². The average molecular weight is 916 g/mol. The molecule has 2 saturated heterocycles. The largest absolute Gasteiger partial charge is 0.495 e. The first-order valence-electron chi connectivity index (χ1n) is 21.0. The van der Waals surface area contributed by atoms with Crippen LogP contribution in [0.3, 0.4) is 0 Å². The Morgan fingerprint density at radius 1 is 0.892 bits per heavy atom. The first-order chi connectivity index (χ1) is 31.3. The molecule has 5 N–H and O–H groups in total. The summed E-state index contributed by atoms with van der Waals surface area (Å²) in [5.74, 6) is -2.12. The summed E-state index contributed by atoms with van der Waals surface area (Å²) in [6.45, 7) is 4.19. The standard InChI is InChI=1S/C42H52F3N9O11/c1-46-36-28(42(43,44)45)25-48-41(51-36)49-29-7-6-26(24-32(29)61-2)38(58)53-14-12-52(13-15-53)34(56)10-16-62-18-20-64-22-23-65-21-19-63-17-11-47-30-5-3-4-27-35(30)40(60)54(39(27)59)31-8-9-33(55)50-37(31)57/h3-7,24-25,31,39,47,59H,8-23H2,1-2H3,(H,50,55,57)(H2,46,48,49,51). The van der Waals surface area contributed by atoms with Crippen LogP contribution in [0, 0.1) is 0 Å². The molecular formula is C42H52F3N9O11. The minimum absolute atomic E-state index is 0.0818. The zero-order valence-electron chi connectivity index (χ0n) is 35.9. The molecule has 2 aromatic carbocycles. The number of amides is 5. The molecule has 1 aromatic heterocycles. The first kappa shape index (κ1) is 48.3. The van der Waals surface area contributed by atoms with Gasteiger partial charge in [-0.3, -0.25) is 34.2 Å². The number of halogens is 3. The highest BCUT2D eigenvalue weighted by Gasteiger charge is 2.45. The highest BCUT2D eigenvalue weighted by molar-refractivity contribution is 6.08. The van der Waals surface area contributed by atoms with E-state index < -0.39 is 47.5 Å². The number of aromatic nitrogens is 2. The molecule has 3 aliphatic rings. The maximum atomic E-state index is 13.3. The third-order valence-electron chi connectivity index (χ3n) is 10.7. The Hall–Kier alpha value is -6.14. The summed E-state index contributed by atoms with van der Waals surface area (Å²) in [4.78, 5) is 75.4. The van der Waals surface area contributed by atoms with Gasteiger partial charge < -0.3 is 54.5 Å². The fraction of sp³-hybridized carbons (Fsp3) is 0.500. The van der Waals surface area contributed by atoms with Gasteiger partial charge in [-0.05, 0) is 30.7 Å². The number of methoxy groups -OCH3 is 1. The number of imide groups is 1. The van der Waals surface area contributed by atoms with Crippen LogP contribution >= 0.6 is 0 Å². The van der Waals surface area contributed by atoms with Gasteiger partial charge in [0, 0.05) is 69.2 Å². The van der Waals surface area contributed by atoms with Crippen molar-refractivity contribution in [3.8, 4) is 5.75 Å². The summed E-state index contributed by atoms with van der Waals surface area (Å²) in [5.41, 5.74) is 0.822. The number of hydrogen-bond acceptors (Lipinski definition) is 16. The van der Waals surface area contributed by atoms with Gasteiger partial charge >= 0.3 is 6.18 Å². The zero-order valence-corrected chi connectivity index (χ0v) is 35.9. The molecule has 4 heterocycles. The number of piperidine rings is 1. The highest BCUT2D eigenvalue weighted by Crippen LogP contribution is 2.39. The molecule has 65 heavy (non-hydrogen) atoms. The van der Waals surface area contributed by atoms with Crippen molar-refractivity contribution < 1.29 is 65.9 Å². The maximum absolute atomic E-state index is 13.3. The van der Waals surface area contributed by atoms with Gasteiger partial charge in [0.25, 0.3) is 11.8 Å². The molecule has 0 saturated carbocycles. The van der Waals surface area contributed by atoms with E-state index in [1.165, 1.54) is 20.2 Å². The number of piperazine rings is 1. The molecule has 2 unspecified atom stereocenters. The number of rotatable bonds is 22. The normalized spacial score (nSPS) is 17.5. The van der Waals surface area contributed by atoms with Crippen LogP contribution in [-0.4, -0.2) is 165 Å². The lowest BCUT2D eigenvalue weighted by Gasteiger charge is -2.35. The van der Waals surface area contributed by atoms with E-state index in [9.17, 15) is 42.3 Å². The van der Waals surface area contributed by atoms with Gasteiger partial charge in [-0.2, -0.15) is 18.2 Å². The van der Waals surface area contributed by atoms with Crippen LogP contribution in [0.25, 0.3) is 0 Å². The van der Waals surface area contributed by atoms with E-state index in [-0.39, 0.29) is 54.9 Å². The van der Waals surface area contributed by atoms with Crippen molar-refractivity contribution in [3.63, 3.8) is 0 Å². The summed E-state index contributed by atoms with van der Waals surface area (Å²) in [7, 11) is 2.71. The van der Waals surface area contributed by atoms with E-state index in [1.807, 2.05) is 0 Å². The van der Waals surface area contributed by atoms with E-state index in [0.29, 0.717) is 108 Å². The molecule has 5 amide bonds. The molecule has 352 valence electrons. The van der Waals surface area contributed by atoms with Crippen LogP contribution in [-0.2, 0) is 39.5 Å². The molecule has 3 aliphatic heterocycles. The number of ether oxygens (including phenoxy) is 5. The van der Waals surface area contributed by atoms with Gasteiger partial charge in [-0.15, -0.1) is 0 Å². The predicted molar refractivity (Wildman–Crippen MR) is 225 cm³/mol. The molecule has 2 fully saturated rings. The lowest BCUT2D eigenvalue weighted by Crippen LogP contribution is -2.53. The fourth-order valence-corrected chi connectivity index (χ4v) is 7.39. The monoisotopic (exact) mass is 915 g/mol. The molecule has 3 aromatic rings. The molecule has 0 aliphatic carbocycles. The third kappa shape index (κ3) is 12.4. The second-order valence-electron chi connectivity index (χ2n) is 14.9. The Bertz CT molecular complexity index is 2180. The minimum Gasteiger partial charge on any atom is -0.495 e. The number of aliphatic hydroxyl groups is 1. The first-order valence-corrected chi connectivity index (χ1v) is 21.0. The number of carbonyl (C=O) groups excluding carboxylic acids is 5. The molecular weight excluding hydrogens is 864 g/mol. The number of benzene rings is 2. The summed E-state index contributed by atoms with van der Waals surface area (Å²) in [6, 6.07) is 8.72. The molecule has 20 nitrogen and oxygen atoms in total. The Morgan fingerprint density at radius 3 is 2.20 bits per heavy atom. The lowest BCUT2D eigenvalue weighted by molar-refractivity contribution is -0.140. The van der Waals surface area contributed by atoms with Gasteiger partial charge in [0.2, 0.25) is 23.7 Å². The summed E-state index contributed by atoms with van der Waals surface area (Å²) < 4.78 is 67.4. The lowest BCUT2D eigenvalue weighted by atomic mass is 10.0. The van der Waals surface area contributed by atoms with Crippen molar-refractivity contribution in [2.24, 2.45) is 0 Å². The van der Waals surface area contributed by atoms with Crippen molar-refractivity contribution in [2.45, 2.75) is 37.7 Å². The van der Waals surface area contributed by atoms with E-state index in [0.717, 1.165) is 4.90 Å². The Labute approximate surface area is 372 Å². The number of fused-ring (bicyclic) bond motifs is 1. The minimum atomic E-state index is -4.63. The molecule has 0 spiro atoms. The number of hydrogen-bond donors (Lipinski definition) is 5. The van der Waals surface area contributed by atoms with Crippen LogP contribution in [0.4, 0.5) is 36.3 Å². The number of carbonyl (C=O) groups is 5. The Balaban J connectivity index is 0.780. The molecule has 0 radical (unpaired) electrons. The number of anilines is 4. The van der Waals surface area contributed by atoms with Gasteiger partial charge in [0.1, 0.15) is 23.2 Å². The van der Waals surface area contributed by atoms with Crippen molar-refractivity contribution in [2.75, 3.05) is 116 Å². The number of nitrogens with one attached hydrogen (secondary N) is 4. The Morgan fingerprint density at radius 2 is 1.55 bits per heavy atom. The Kier molecular flexibility index (Phi) is 16.8. The third-order valence-corrected chi connectivity index (χ3v) is 10.7. The van der Waals surface area contributed by atoms with E-state index >= 15 is 0 Å². The van der Waals surface area contributed by atoms with E-state index in [2.05, 4.69) is 31.2 Å². The maximum Gasteiger partial charge on any atom is 0.421 e. The molecule has 0 bridgehead atoms. The van der Waals surface area contributed by atoms with Crippen molar-refractivity contribution in [1.82, 2.24) is 30.0 Å². The van der Waals surface area contributed by atoms with Crippen LogP contribution in [0.2, 0.25) is 0 Å². The van der Waals surface area contributed by atoms with Crippen LogP contribution in [0.15, 0.2) is 42.6 Å². The summed E-state index contributed by atoms with van der Waals surface area (Å²) >= 11 is 0. The van der Waals surface area contributed by atoms with Crippen LogP contribution < -0.4 is 26.0 Å². The quantitative estimate of drug-likeness (QED) is 0.0719. The van der Waals surface area contributed by atoms with Gasteiger partial charge in [0.15, 0.2) is 6.23 Å². The number of alkyl halides is 3. The molecule has 6 rings (SSSR count). The number of nitrogens with zero attached hydrogens (tertiary/aromatic N) is 5. The zero-order chi connectivity index (χ0) is 46.5. The van der Waals surface area contributed by atoms with Crippen molar-refractivity contribution in [3.05, 3.63) is 64.8 Å². The van der Waals surface area contributed by atoms with E-state index in [4.69, 9.17) is 23.7 Å². The van der Waals surface area contributed by atoms with Gasteiger partial charge in [0.05, 0.1) is 77.6 Å². The average Bonchev–Trinajstić information content (AvgIpc) is 3.55. The van der Waals surface area contributed by atoms with Crippen LogP contribution in [0.5, 0.6) is 5.75 Å².